The summed E-state index contributed by atoms with van der Waals surface area (Å²) in [6.07, 6.45) is 1.19. The number of piperidine rings is 1. The maximum absolute atomic E-state index is 12.9. The second-order valence-electron chi connectivity index (χ2n) is 7.61. The maximum atomic E-state index is 12.9. The Balaban J connectivity index is 1.36. The highest BCUT2D eigenvalue weighted by Gasteiger charge is 2.28. The van der Waals surface area contributed by atoms with Crippen LogP contribution in [0.15, 0.2) is 42.5 Å². The van der Waals surface area contributed by atoms with E-state index in [0.29, 0.717) is 48.3 Å². The van der Waals surface area contributed by atoms with Crippen molar-refractivity contribution in [2.45, 2.75) is 19.8 Å². The largest absolute Gasteiger partial charge is 0.339 e. The Labute approximate surface area is 173 Å². The molecule has 0 saturated carbocycles. The SMILES string of the molecule is CC(=O)c1cccc(NC(=O)C2CCN(C(=O)c3ccc4c(c3)nnn4C)CC2)c1. The van der Waals surface area contributed by atoms with Crippen LogP contribution in [-0.4, -0.2) is 50.6 Å². The third-order valence-electron chi connectivity index (χ3n) is 5.55. The Bertz CT molecular complexity index is 1130. The number of carbonyl (C=O) groups is 3. The molecular formula is C22H23N5O3. The van der Waals surface area contributed by atoms with Crippen molar-refractivity contribution in [3.05, 3.63) is 53.6 Å². The van der Waals surface area contributed by atoms with Gasteiger partial charge in [0.25, 0.3) is 5.91 Å². The minimum atomic E-state index is -0.169. The van der Waals surface area contributed by atoms with Crippen LogP contribution in [0.25, 0.3) is 11.0 Å². The molecule has 1 fully saturated rings. The van der Waals surface area contributed by atoms with Crippen LogP contribution >= 0.6 is 0 Å². The molecule has 3 aromatic rings. The molecule has 4 rings (SSSR count). The van der Waals surface area contributed by atoms with E-state index in [1.807, 2.05) is 13.1 Å². The summed E-state index contributed by atoms with van der Waals surface area (Å²) in [5.74, 6) is -0.352. The average molecular weight is 405 g/mol. The molecule has 0 bridgehead atoms. The van der Waals surface area contributed by atoms with Gasteiger partial charge >= 0.3 is 0 Å². The van der Waals surface area contributed by atoms with E-state index >= 15 is 0 Å². The van der Waals surface area contributed by atoms with Gasteiger partial charge in [-0.25, -0.2) is 4.68 Å². The summed E-state index contributed by atoms with van der Waals surface area (Å²) in [5, 5.41) is 10.9. The van der Waals surface area contributed by atoms with Crippen molar-refractivity contribution in [3.8, 4) is 0 Å². The Kier molecular flexibility index (Phi) is 5.31. The summed E-state index contributed by atoms with van der Waals surface area (Å²) in [6, 6.07) is 12.3. The number of benzene rings is 2. The number of fused-ring (bicyclic) bond motifs is 1. The molecule has 1 aliphatic rings. The van der Waals surface area contributed by atoms with Crippen molar-refractivity contribution in [2.75, 3.05) is 18.4 Å². The van der Waals surface area contributed by atoms with Crippen LogP contribution < -0.4 is 5.32 Å². The topological polar surface area (TPSA) is 97.2 Å². The zero-order valence-corrected chi connectivity index (χ0v) is 17.0. The molecule has 1 aromatic heterocycles. The van der Waals surface area contributed by atoms with E-state index in [1.165, 1.54) is 6.92 Å². The zero-order chi connectivity index (χ0) is 21.3. The lowest BCUT2D eigenvalue weighted by Gasteiger charge is -2.31. The fraction of sp³-hybridized carbons (Fsp3) is 0.318. The Hall–Kier alpha value is -3.55. The number of hydrogen-bond acceptors (Lipinski definition) is 5. The molecule has 8 heteroatoms. The van der Waals surface area contributed by atoms with Crippen LogP contribution in [0.1, 0.15) is 40.5 Å². The number of aryl methyl sites for hydroxylation is 1. The lowest BCUT2D eigenvalue weighted by molar-refractivity contribution is -0.121. The third kappa shape index (κ3) is 3.94. The van der Waals surface area contributed by atoms with Gasteiger partial charge < -0.3 is 10.2 Å². The Morgan fingerprint density at radius 3 is 2.53 bits per heavy atom. The number of ketones is 1. The molecule has 0 radical (unpaired) electrons. The Morgan fingerprint density at radius 2 is 1.80 bits per heavy atom. The second-order valence-corrected chi connectivity index (χ2v) is 7.61. The molecule has 0 aliphatic carbocycles. The molecule has 1 aliphatic heterocycles. The highest BCUT2D eigenvalue weighted by molar-refractivity contribution is 5.99. The van der Waals surface area contributed by atoms with Gasteiger partial charge in [-0.2, -0.15) is 0 Å². The number of nitrogens with one attached hydrogen (secondary N) is 1. The number of hydrogen-bond donors (Lipinski definition) is 1. The number of likely N-dealkylation sites (tertiary alicyclic amines) is 1. The van der Waals surface area contributed by atoms with Crippen LogP contribution in [-0.2, 0) is 11.8 Å². The molecular weight excluding hydrogens is 382 g/mol. The van der Waals surface area contributed by atoms with E-state index in [1.54, 1.807) is 46.0 Å². The number of Topliss-reactive ketones (excluding diaryl/α,β-unsaturated/α-hetero) is 1. The first kappa shape index (κ1) is 19.8. The first-order chi connectivity index (χ1) is 14.4. The quantitative estimate of drug-likeness (QED) is 0.673. The molecule has 2 amide bonds. The van der Waals surface area contributed by atoms with Crippen LogP contribution in [0, 0.1) is 5.92 Å². The fourth-order valence-electron chi connectivity index (χ4n) is 3.76. The van der Waals surface area contributed by atoms with Crippen LogP contribution in [0.5, 0.6) is 0 Å². The normalized spacial score (nSPS) is 14.7. The molecule has 0 unspecified atom stereocenters. The summed E-state index contributed by atoms with van der Waals surface area (Å²) in [7, 11) is 1.81. The van der Waals surface area contributed by atoms with Gasteiger partial charge in [0.1, 0.15) is 5.52 Å². The lowest BCUT2D eigenvalue weighted by atomic mass is 9.95. The first-order valence-corrected chi connectivity index (χ1v) is 9.93. The van der Waals surface area contributed by atoms with Gasteiger partial charge in [-0.3, -0.25) is 14.4 Å². The molecule has 2 heterocycles. The predicted octanol–water partition coefficient (Wildman–Crippen LogP) is 2.66. The van der Waals surface area contributed by atoms with E-state index in [2.05, 4.69) is 15.6 Å². The van der Waals surface area contributed by atoms with Gasteiger partial charge in [-0.1, -0.05) is 17.3 Å². The summed E-state index contributed by atoms with van der Waals surface area (Å²) < 4.78 is 1.67. The number of aromatic nitrogens is 3. The maximum Gasteiger partial charge on any atom is 0.253 e. The fourth-order valence-corrected chi connectivity index (χ4v) is 3.76. The van der Waals surface area contributed by atoms with Crippen molar-refractivity contribution in [1.29, 1.82) is 0 Å². The average Bonchev–Trinajstić information content (AvgIpc) is 3.13. The van der Waals surface area contributed by atoms with Crippen molar-refractivity contribution in [1.82, 2.24) is 19.9 Å². The highest BCUT2D eigenvalue weighted by atomic mass is 16.2. The van der Waals surface area contributed by atoms with E-state index in [9.17, 15) is 14.4 Å². The van der Waals surface area contributed by atoms with E-state index in [0.717, 1.165) is 5.52 Å². The van der Waals surface area contributed by atoms with Gasteiger partial charge in [0.15, 0.2) is 5.78 Å². The van der Waals surface area contributed by atoms with Gasteiger partial charge in [-0.05, 0) is 50.1 Å². The van der Waals surface area contributed by atoms with Crippen LogP contribution in [0.3, 0.4) is 0 Å². The highest BCUT2D eigenvalue weighted by Crippen LogP contribution is 2.22. The molecule has 8 nitrogen and oxygen atoms in total. The second kappa shape index (κ2) is 8.06. The van der Waals surface area contributed by atoms with Gasteiger partial charge in [0, 0.05) is 42.9 Å². The minimum absolute atomic E-state index is 0.0439. The predicted molar refractivity (Wildman–Crippen MR) is 112 cm³/mol. The molecule has 2 aromatic carbocycles. The van der Waals surface area contributed by atoms with Crippen molar-refractivity contribution >= 4 is 34.3 Å². The van der Waals surface area contributed by atoms with E-state index in [-0.39, 0.29) is 23.5 Å². The van der Waals surface area contributed by atoms with Crippen molar-refractivity contribution < 1.29 is 14.4 Å². The van der Waals surface area contributed by atoms with E-state index < -0.39 is 0 Å². The first-order valence-electron chi connectivity index (χ1n) is 9.93. The van der Waals surface area contributed by atoms with Gasteiger partial charge in [0.2, 0.25) is 5.91 Å². The smallest absolute Gasteiger partial charge is 0.253 e. The summed E-state index contributed by atoms with van der Waals surface area (Å²) in [6.45, 7) is 2.53. The number of carbonyl (C=O) groups excluding carboxylic acids is 3. The lowest BCUT2D eigenvalue weighted by Crippen LogP contribution is -2.41. The number of nitrogens with zero attached hydrogens (tertiary/aromatic N) is 4. The number of anilines is 1. The van der Waals surface area contributed by atoms with Crippen LogP contribution in [0.4, 0.5) is 5.69 Å². The third-order valence-corrected chi connectivity index (χ3v) is 5.55. The molecule has 0 atom stereocenters. The van der Waals surface area contributed by atoms with E-state index in [4.69, 9.17) is 0 Å². The molecule has 1 N–H and O–H groups in total. The standard InChI is InChI=1S/C22H23N5O3/c1-14(28)16-4-3-5-18(12-16)23-21(29)15-8-10-27(11-9-15)22(30)17-6-7-20-19(13-17)24-25-26(20)2/h3-7,12-13,15H,8-11H2,1-2H3,(H,23,29). The summed E-state index contributed by atoms with van der Waals surface area (Å²) in [5.41, 5.74) is 3.31. The van der Waals surface area contributed by atoms with Crippen molar-refractivity contribution in [2.24, 2.45) is 13.0 Å². The molecule has 30 heavy (non-hydrogen) atoms. The molecule has 0 spiro atoms. The summed E-state index contributed by atoms with van der Waals surface area (Å²) in [4.78, 5) is 38.8. The Morgan fingerprint density at radius 1 is 1.03 bits per heavy atom. The van der Waals surface area contributed by atoms with Gasteiger partial charge in [-0.15, -0.1) is 5.10 Å². The molecule has 154 valence electrons. The zero-order valence-electron chi connectivity index (χ0n) is 17.0. The minimum Gasteiger partial charge on any atom is -0.339 e. The monoisotopic (exact) mass is 405 g/mol. The summed E-state index contributed by atoms with van der Waals surface area (Å²) >= 11 is 0. The number of amides is 2. The van der Waals surface area contributed by atoms with Gasteiger partial charge in [0.05, 0.1) is 5.52 Å². The van der Waals surface area contributed by atoms with Crippen molar-refractivity contribution in [3.63, 3.8) is 0 Å². The molecule has 1 saturated heterocycles. The number of rotatable bonds is 4. The van der Waals surface area contributed by atoms with Crippen LogP contribution in [0.2, 0.25) is 0 Å².